The average molecular weight is 1190 g/mol. The number of H-pyrrole nitrogens is 1. The molecular formula is C61H74F3N11O7S2. The summed E-state index contributed by atoms with van der Waals surface area (Å²) in [6.45, 7) is 17.7. The molecule has 0 aliphatic carbocycles. The second-order valence-corrected chi connectivity index (χ2v) is 26.8. The van der Waals surface area contributed by atoms with E-state index >= 15 is 8.78 Å². The molecule has 0 spiro atoms. The van der Waals surface area contributed by atoms with Crippen LogP contribution in [0.15, 0.2) is 84.6 Å². The Morgan fingerprint density at radius 1 is 0.857 bits per heavy atom. The number of benzene rings is 3. The van der Waals surface area contributed by atoms with Gasteiger partial charge >= 0.3 is 10.2 Å². The second-order valence-electron chi connectivity index (χ2n) is 24.3. The fraction of sp³-hybridized carbons (Fsp3) is 0.475. The first-order chi connectivity index (χ1) is 39.9. The number of rotatable bonds is 17. The van der Waals surface area contributed by atoms with E-state index in [1.807, 2.05) is 93.4 Å². The number of anilines is 2. The number of nitrogens with zero attached hydrogens (tertiary/aromatic N) is 7. The van der Waals surface area contributed by atoms with Gasteiger partial charge in [0.1, 0.15) is 29.7 Å². The Labute approximate surface area is 492 Å². The number of nitrogens with one attached hydrogen (secondary N) is 4. The van der Waals surface area contributed by atoms with Gasteiger partial charge in [-0.15, -0.1) is 11.3 Å². The van der Waals surface area contributed by atoms with Gasteiger partial charge in [0.05, 0.1) is 46.0 Å². The number of carbonyl (C=O) groups excluding carboxylic acids is 4. The van der Waals surface area contributed by atoms with E-state index in [0.29, 0.717) is 22.5 Å². The molecular weight excluding hydrogens is 1120 g/mol. The third-order valence-electron chi connectivity index (χ3n) is 16.9. The largest absolute Gasteiger partial charge is 0.391 e. The Balaban J connectivity index is 0.702. The fourth-order valence-corrected chi connectivity index (χ4v) is 14.5. The third-order valence-corrected chi connectivity index (χ3v) is 19.4. The summed E-state index contributed by atoms with van der Waals surface area (Å²) in [5.74, 6) is -4.17. The van der Waals surface area contributed by atoms with E-state index in [4.69, 9.17) is 0 Å². The number of hydrogen-bond acceptors (Lipinski definition) is 13. The topological polar surface area (TPSA) is 217 Å². The van der Waals surface area contributed by atoms with Crippen LogP contribution in [-0.4, -0.2) is 166 Å². The van der Waals surface area contributed by atoms with Gasteiger partial charge in [-0.1, -0.05) is 57.2 Å². The summed E-state index contributed by atoms with van der Waals surface area (Å²) in [4.78, 5) is 77.2. The number of halogens is 3. The highest BCUT2D eigenvalue weighted by Crippen LogP contribution is 2.35. The quantitative estimate of drug-likeness (QED) is 0.0552. The zero-order chi connectivity index (χ0) is 59.9. The van der Waals surface area contributed by atoms with Crippen molar-refractivity contribution in [1.82, 2.24) is 44.6 Å². The van der Waals surface area contributed by atoms with Crippen molar-refractivity contribution >= 4 is 67.5 Å². The average Bonchev–Trinajstić information content (AvgIpc) is 3.97. The summed E-state index contributed by atoms with van der Waals surface area (Å²) in [5.41, 5.74) is 5.19. The summed E-state index contributed by atoms with van der Waals surface area (Å²) in [6, 6.07) is 17.6. The molecule has 0 saturated carbocycles. The molecule has 7 heterocycles. The zero-order valence-electron chi connectivity index (χ0n) is 48.4. The number of aromatic amines is 1. The van der Waals surface area contributed by atoms with Crippen LogP contribution in [0.3, 0.4) is 0 Å². The van der Waals surface area contributed by atoms with Gasteiger partial charge in [-0.2, -0.15) is 12.7 Å². The molecule has 23 heteroatoms. The number of β-amino-alcohol motifs (C(OH)–C–C–N with tert-alkyl or cyclic N) is 1. The van der Waals surface area contributed by atoms with E-state index in [2.05, 4.69) is 54.1 Å². The Morgan fingerprint density at radius 2 is 1.55 bits per heavy atom. The molecule has 0 unspecified atom stereocenters. The molecule has 3 aromatic heterocycles. The van der Waals surface area contributed by atoms with Crippen molar-refractivity contribution in [2.24, 2.45) is 11.3 Å². The van der Waals surface area contributed by atoms with Gasteiger partial charge in [-0.25, -0.2) is 23.1 Å². The van der Waals surface area contributed by atoms with Crippen molar-refractivity contribution in [3.05, 3.63) is 119 Å². The lowest BCUT2D eigenvalue weighted by molar-refractivity contribution is -0.144. The maximum atomic E-state index is 15.9. The van der Waals surface area contributed by atoms with Crippen molar-refractivity contribution in [3.8, 4) is 21.6 Å². The number of piperidine rings is 1. The number of likely N-dealkylation sites (tertiary alicyclic amines) is 2. The van der Waals surface area contributed by atoms with Gasteiger partial charge < -0.3 is 30.5 Å². The van der Waals surface area contributed by atoms with Gasteiger partial charge in [0.2, 0.25) is 23.5 Å². The molecule has 0 radical (unpaired) electrons. The molecule has 5 N–H and O–H groups in total. The third kappa shape index (κ3) is 13.1. The van der Waals surface area contributed by atoms with Crippen LogP contribution in [0.5, 0.6) is 0 Å². The Kier molecular flexibility index (Phi) is 17.7. The minimum absolute atomic E-state index is 0.00697. The molecule has 0 bridgehead atoms. The maximum absolute atomic E-state index is 15.9. The van der Waals surface area contributed by atoms with Crippen LogP contribution in [0.2, 0.25) is 0 Å². The van der Waals surface area contributed by atoms with Gasteiger partial charge in [0.15, 0.2) is 5.82 Å². The van der Waals surface area contributed by atoms with Gasteiger partial charge in [-0.3, -0.25) is 33.7 Å². The number of ketones is 1. The first-order valence-corrected chi connectivity index (χ1v) is 31.1. The number of thiazole rings is 1. The number of alkyl halides is 1. The van der Waals surface area contributed by atoms with Crippen molar-refractivity contribution in [2.75, 3.05) is 68.5 Å². The predicted octanol–water partition coefficient (Wildman–Crippen LogP) is 7.85. The normalized spacial score (nSPS) is 22.1. The SMILES string of the molecule is Cc1ncsc1-c1ccc([C@H](C)NC(=O)[C@@H]2C[C@@H](O)CN2C(=O)[C@@H](NC(=O)CN2CCC(CN3C[C@@H](C)N(c4ccc(-c5cnc6[nH]cc(C(=O)c7c(F)ccc(NS(=O)(=O)N8CC[C@@H](F)C8)c7F)c6c5)cc4)[C@@H](C)C3)CC2)C(C)(C)C)cc1. The summed E-state index contributed by atoms with van der Waals surface area (Å²) < 4.78 is 73.6. The lowest BCUT2D eigenvalue weighted by atomic mass is 9.85. The number of carbonyl (C=O) groups is 4. The number of aliphatic hydroxyl groups excluding tert-OH is 1. The van der Waals surface area contributed by atoms with Crippen molar-refractivity contribution in [2.45, 2.75) is 117 Å². The van der Waals surface area contributed by atoms with E-state index in [-0.39, 0.29) is 68.0 Å². The minimum Gasteiger partial charge on any atom is -0.391 e. The standard InChI is InChI=1S/C61H74F3N11O7S2/c1-35-28-72(29-36(2)75(35)45-14-12-41(13-15-45)43-24-47-48(27-66-58(47)65-26-43)55(78)53-49(63)16-17-50(54(53)64)70-84(81,82)73-23-20-44(62)31-73)30-39-18-21-71(22-19-39)33-52(77)69-57(61(5,6)7)60(80)74-32-46(76)25-51(74)59(79)68-37(3)40-8-10-42(11-9-40)56-38(4)67-34-83-56/h8-17,24,26-27,34-37,39,44,46,51,57,70,76H,18-23,25,28-33H2,1-7H3,(H,65,66)(H,68,79)(H,69,77)/t35-,36+,37-,44+,46+,51-,57+/m0/s1. The monoisotopic (exact) mass is 1190 g/mol. The van der Waals surface area contributed by atoms with Crippen LogP contribution >= 0.6 is 11.3 Å². The predicted molar refractivity (Wildman–Crippen MR) is 318 cm³/mol. The highest BCUT2D eigenvalue weighted by molar-refractivity contribution is 7.90. The number of pyridine rings is 1. The van der Waals surface area contributed by atoms with Crippen molar-refractivity contribution < 1.29 is 45.9 Å². The Hall–Kier alpha value is -6.76. The number of aliphatic hydroxyl groups is 1. The van der Waals surface area contributed by atoms with Gasteiger partial charge in [0.25, 0.3) is 0 Å². The molecule has 4 aliphatic heterocycles. The van der Waals surface area contributed by atoms with Crippen LogP contribution in [0.4, 0.5) is 24.5 Å². The molecule has 4 aliphatic rings. The van der Waals surface area contributed by atoms with Crippen molar-refractivity contribution in [3.63, 3.8) is 0 Å². The first kappa shape index (κ1) is 60.4. The number of fused-ring (bicyclic) bond motifs is 1. The smallest absolute Gasteiger partial charge is 0.301 e. The summed E-state index contributed by atoms with van der Waals surface area (Å²) in [7, 11) is -4.38. The molecule has 4 saturated heterocycles. The number of aryl methyl sites for hydroxylation is 1. The Morgan fingerprint density at radius 3 is 2.19 bits per heavy atom. The second kappa shape index (κ2) is 24.7. The van der Waals surface area contributed by atoms with Crippen LogP contribution in [0.25, 0.3) is 32.6 Å². The fourth-order valence-electron chi connectivity index (χ4n) is 12.5. The molecule has 10 rings (SSSR count). The van der Waals surface area contributed by atoms with Crippen LogP contribution in [0.1, 0.15) is 100 Å². The molecule has 3 amide bonds. The van der Waals surface area contributed by atoms with E-state index in [1.165, 1.54) is 11.1 Å². The highest BCUT2D eigenvalue weighted by Gasteiger charge is 2.45. The Bertz CT molecular complexity index is 3500. The number of aromatic nitrogens is 3. The van der Waals surface area contributed by atoms with E-state index in [9.17, 15) is 37.1 Å². The maximum Gasteiger partial charge on any atom is 0.301 e. The summed E-state index contributed by atoms with van der Waals surface area (Å²) >= 11 is 1.57. The van der Waals surface area contributed by atoms with Crippen LogP contribution < -0.4 is 20.3 Å². The number of piperazine rings is 1. The molecule has 4 fully saturated rings. The lowest BCUT2D eigenvalue weighted by Gasteiger charge is -2.47. The zero-order valence-corrected chi connectivity index (χ0v) is 50.0. The summed E-state index contributed by atoms with van der Waals surface area (Å²) in [6.07, 6.45) is 2.64. The number of hydrogen-bond donors (Lipinski definition) is 5. The molecule has 7 atom stereocenters. The molecule has 84 heavy (non-hydrogen) atoms. The minimum atomic E-state index is -4.38. The van der Waals surface area contributed by atoms with Crippen LogP contribution in [-0.2, 0) is 24.6 Å². The molecule has 6 aromatic rings. The van der Waals surface area contributed by atoms with Crippen molar-refractivity contribution in [1.29, 1.82) is 0 Å². The lowest BCUT2D eigenvalue weighted by Crippen LogP contribution is -2.59. The van der Waals surface area contributed by atoms with Gasteiger partial charge in [-0.05, 0) is 118 Å². The van der Waals surface area contributed by atoms with E-state index in [1.54, 1.807) is 23.6 Å². The first-order valence-electron chi connectivity index (χ1n) is 28.8. The van der Waals surface area contributed by atoms with Crippen LogP contribution in [0, 0.1) is 29.9 Å². The molecule has 448 valence electrons. The molecule has 18 nitrogen and oxygen atoms in total. The number of amides is 3. The van der Waals surface area contributed by atoms with E-state index in [0.717, 1.165) is 95.0 Å². The molecule has 3 aromatic carbocycles. The van der Waals surface area contributed by atoms with Gasteiger partial charge in [0, 0.05) is 92.4 Å². The summed E-state index contributed by atoms with van der Waals surface area (Å²) in [5, 5.41) is 17.2. The van der Waals surface area contributed by atoms with E-state index < -0.39 is 81.1 Å². The highest BCUT2D eigenvalue weighted by atomic mass is 32.2.